The summed E-state index contributed by atoms with van der Waals surface area (Å²) in [7, 11) is -3.87. The maximum Gasteiger partial charge on any atom is 0.276 e. The Morgan fingerprint density at radius 1 is 1.08 bits per heavy atom. The van der Waals surface area contributed by atoms with Gasteiger partial charge in [0.2, 0.25) is 0 Å². The zero-order chi connectivity index (χ0) is 18.0. The number of nitrogens with zero attached hydrogens (tertiary/aromatic N) is 3. The largest absolute Gasteiger partial charge is 0.276 e. The molecule has 1 heterocycles. The molecule has 0 radical (unpaired) electrons. The van der Waals surface area contributed by atoms with Crippen LogP contribution in [0, 0.1) is 18.6 Å². The molecule has 25 heavy (non-hydrogen) atoms. The van der Waals surface area contributed by atoms with E-state index in [-0.39, 0.29) is 17.1 Å². The summed E-state index contributed by atoms with van der Waals surface area (Å²) in [5, 5.41) is 3.99. The zero-order valence-electron chi connectivity index (χ0n) is 13.1. The van der Waals surface area contributed by atoms with E-state index in [2.05, 4.69) is 14.9 Å². The van der Waals surface area contributed by atoms with E-state index in [1.807, 2.05) is 0 Å². The Balaban J connectivity index is 1.91. The van der Waals surface area contributed by atoms with Gasteiger partial charge in [0.25, 0.3) is 10.0 Å². The monoisotopic (exact) mass is 364 g/mol. The Bertz CT molecular complexity index is 984. The van der Waals surface area contributed by atoms with E-state index in [0.29, 0.717) is 11.4 Å². The SMILES string of the molecule is Cc1nc(Cc2cc(F)cc(F)c2)n(NS(=O)(=O)c2ccccc2)n1. The molecule has 0 amide bonds. The summed E-state index contributed by atoms with van der Waals surface area (Å²) in [4.78, 5) is 7.49. The third kappa shape index (κ3) is 4.00. The van der Waals surface area contributed by atoms with E-state index in [1.54, 1.807) is 25.1 Å². The lowest BCUT2D eigenvalue weighted by Crippen LogP contribution is -2.26. The van der Waals surface area contributed by atoms with Gasteiger partial charge in [0.1, 0.15) is 17.5 Å². The molecule has 3 rings (SSSR count). The third-order valence-corrected chi connectivity index (χ3v) is 4.63. The van der Waals surface area contributed by atoms with Crippen molar-refractivity contribution in [3.63, 3.8) is 0 Å². The van der Waals surface area contributed by atoms with Gasteiger partial charge < -0.3 is 0 Å². The average Bonchev–Trinajstić information content (AvgIpc) is 2.85. The Morgan fingerprint density at radius 2 is 1.72 bits per heavy atom. The molecule has 0 aliphatic heterocycles. The summed E-state index contributed by atoms with van der Waals surface area (Å²) in [6, 6.07) is 10.8. The fourth-order valence-electron chi connectivity index (χ4n) is 2.31. The third-order valence-electron chi connectivity index (χ3n) is 3.32. The molecule has 1 aromatic heterocycles. The molecule has 0 bridgehead atoms. The van der Waals surface area contributed by atoms with Gasteiger partial charge in [0.15, 0.2) is 5.82 Å². The molecule has 0 fully saturated rings. The van der Waals surface area contributed by atoms with Crippen molar-refractivity contribution in [1.82, 2.24) is 14.9 Å². The zero-order valence-corrected chi connectivity index (χ0v) is 14.0. The number of nitrogens with one attached hydrogen (secondary N) is 1. The smallest absolute Gasteiger partial charge is 0.214 e. The standard InChI is InChI=1S/C16H14F2N4O2S/c1-11-19-16(9-12-7-13(17)10-14(18)8-12)22(20-11)21-25(23,24)15-5-3-2-4-6-15/h2-8,10,21H,9H2,1H3. The molecule has 0 spiro atoms. The van der Waals surface area contributed by atoms with Crippen molar-refractivity contribution in [2.75, 3.05) is 4.83 Å². The van der Waals surface area contributed by atoms with Crippen LogP contribution in [0.3, 0.4) is 0 Å². The molecule has 1 N–H and O–H groups in total. The topological polar surface area (TPSA) is 76.9 Å². The van der Waals surface area contributed by atoms with E-state index in [0.717, 1.165) is 23.0 Å². The second-order valence-electron chi connectivity index (χ2n) is 5.35. The lowest BCUT2D eigenvalue weighted by atomic mass is 10.1. The minimum absolute atomic E-state index is 0.00678. The molecule has 2 aromatic carbocycles. The highest BCUT2D eigenvalue weighted by Gasteiger charge is 2.18. The number of sulfonamides is 1. The number of hydrogen-bond acceptors (Lipinski definition) is 4. The minimum atomic E-state index is -3.87. The predicted octanol–water partition coefficient (Wildman–Crippen LogP) is 2.39. The van der Waals surface area contributed by atoms with Crippen molar-refractivity contribution in [3.05, 3.63) is 77.4 Å². The van der Waals surface area contributed by atoms with Gasteiger partial charge >= 0.3 is 0 Å². The molecule has 130 valence electrons. The fraction of sp³-hybridized carbons (Fsp3) is 0.125. The molecule has 0 aliphatic rings. The maximum atomic E-state index is 13.3. The van der Waals surface area contributed by atoms with Gasteiger partial charge in [-0.3, -0.25) is 0 Å². The van der Waals surface area contributed by atoms with Gasteiger partial charge in [-0.2, -0.15) is 13.2 Å². The molecule has 0 unspecified atom stereocenters. The summed E-state index contributed by atoms with van der Waals surface area (Å²) in [5.41, 5.74) is 0.310. The quantitative estimate of drug-likeness (QED) is 0.754. The highest BCUT2D eigenvalue weighted by Crippen LogP contribution is 2.14. The molecule has 3 aromatic rings. The summed E-state index contributed by atoms with van der Waals surface area (Å²) < 4.78 is 51.5. The number of benzene rings is 2. The van der Waals surface area contributed by atoms with Crippen LogP contribution < -0.4 is 4.83 Å². The number of hydrogen-bond donors (Lipinski definition) is 1. The lowest BCUT2D eigenvalue weighted by molar-refractivity contribution is 0.578. The Kier molecular flexibility index (Phi) is 4.49. The Hall–Kier alpha value is -2.81. The van der Waals surface area contributed by atoms with Crippen molar-refractivity contribution in [3.8, 4) is 0 Å². The van der Waals surface area contributed by atoms with Crippen LogP contribution in [0.2, 0.25) is 0 Å². The van der Waals surface area contributed by atoms with Crippen molar-refractivity contribution in [1.29, 1.82) is 0 Å². The first-order valence-electron chi connectivity index (χ1n) is 7.29. The predicted molar refractivity (Wildman–Crippen MR) is 86.9 cm³/mol. The van der Waals surface area contributed by atoms with Crippen LogP contribution in [0.4, 0.5) is 8.78 Å². The number of rotatable bonds is 5. The number of aryl methyl sites for hydroxylation is 1. The van der Waals surface area contributed by atoms with Gasteiger partial charge in [0, 0.05) is 12.5 Å². The van der Waals surface area contributed by atoms with Crippen LogP contribution in [-0.2, 0) is 16.4 Å². The molecular weight excluding hydrogens is 350 g/mol. The Labute approximate surface area is 143 Å². The summed E-state index contributed by atoms with van der Waals surface area (Å²) in [5.74, 6) is -0.907. The van der Waals surface area contributed by atoms with Gasteiger partial charge in [-0.1, -0.05) is 18.2 Å². The molecule has 0 saturated carbocycles. The molecule has 0 saturated heterocycles. The molecular formula is C16H14F2N4O2S. The van der Waals surface area contributed by atoms with E-state index in [9.17, 15) is 17.2 Å². The van der Waals surface area contributed by atoms with Crippen LogP contribution in [0.15, 0.2) is 53.4 Å². The van der Waals surface area contributed by atoms with E-state index < -0.39 is 21.7 Å². The highest BCUT2D eigenvalue weighted by molar-refractivity contribution is 7.92. The van der Waals surface area contributed by atoms with Crippen LogP contribution in [0.5, 0.6) is 0 Å². The summed E-state index contributed by atoms with van der Waals surface area (Å²) >= 11 is 0. The van der Waals surface area contributed by atoms with Crippen LogP contribution in [-0.4, -0.2) is 23.3 Å². The first-order valence-corrected chi connectivity index (χ1v) is 8.77. The van der Waals surface area contributed by atoms with Crippen LogP contribution in [0.25, 0.3) is 0 Å². The van der Waals surface area contributed by atoms with Gasteiger partial charge in [-0.15, -0.1) is 9.89 Å². The minimum Gasteiger partial charge on any atom is -0.214 e. The first-order chi connectivity index (χ1) is 11.8. The summed E-state index contributed by atoms with van der Waals surface area (Å²) in [6.45, 7) is 1.59. The van der Waals surface area contributed by atoms with E-state index in [1.165, 1.54) is 12.1 Å². The van der Waals surface area contributed by atoms with E-state index >= 15 is 0 Å². The second kappa shape index (κ2) is 6.60. The van der Waals surface area contributed by atoms with Gasteiger partial charge in [0.05, 0.1) is 4.90 Å². The average molecular weight is 364 g/mol. The van der Waals surface area contributed by atoms with Gasteiger partial charge in [-0.05, 0) is 36.8 Å². The number of halogens is 2. The van der Waals surface area contributed by atoms with Gasteiger partial charge in [-0.25, -0.2) is 13.8 Å². The van der Waals surface area contributed by atoms with Crippen molar-refractivity contribution < 1.29 is 17.2 Å². The van der Waals surface area contributed by atoms with Crippen molar-refractivity contribution in [2.24, 2.45) is 0 Å². The second-order valence-corrected chi connectivity index (χ2v) is 7.01. The Morgan fingerprint density at radius 3 is 2.36 bits per heavy atom. The van der Waals surface area contributed by atoms with E-state index in [4.69, 9.17) is 0 Å². The molecule has 0 aliphatic carbocycles. The molecule has 6 nitrogen and oxygen atoms in total. The maximum absolute atomic E-state index is 13.3. The molecule has 9 heteroatoms. The number of aromatic nitrogens is 3. The normalized spacial score (nSPS) is 11.5. The van der Waals surface area contributed by atoms with Crippen molar-refractivity contribution >= 4 is 10.0 Å². The highest BCUT2D eigenvalue weighted by atomic mass is 32.2. The van der Waals surface area contributed by atoms with Crippen LogP contribution >= 0.6 is 0 Å². The van der Waals surface area contributed by atoms with Crippen molar-refractivity contribution in [2.45, 2.75) is 18.2 Å². The molecule has 0 atom stereocenters. The first kappa shape index (κ1) is 17.0. The van der Waals surface area contributed by atoms with Crippen LogP contribution in [0.1, 0.15) is 17.2 Å². The summed E-state index contributed by atoms with van der Waals surface area (Å²) in [6.07, 6.45) is 0.00678. The lowest BCUT2D eigenvalue weighted by Gasteiger charge is -2.10. The fourth-order valence-corrected chi connectivity index (χ4v) is 3.30.